The molecule has 20 heavy (non-hydrogen) atoms. The van der Waals surface area contributed by atoms with E-state index in [2.05, 4.69) is 20.8 Å². The number of hydrogen-bond acceptors (Lipinski definition) is 4. The van der Waals surface area contributed by atoms with Crippen LogP contribution in [0.25, 0.3) is 0 Å². The molecule has 0 spiro atoms. The van der Waals surface area contributed by atoms with Crippen molar-refractivity contribution >= 4 is 21.6 Å². The number of anilines is 1. The number of hydrogen-bond donors (Lipinski definition) is 2. The predicted molar refractivity (Wildman–Crippen MR) is 85.0 cm³/mol. The summed E-state index contributed by atoms with van der Waals surface area (Å²) < 4.78 is 6.35. The topological polar surface area (TPSA) is 58.7 Å². The van der Waals surface area contributed by atoms with Crippen LogP contribution in [0.5, 0.6) is 0 Å². The quantitative estimate of drug-likeness (QED) is 0.882. The summed E-state index contributed by atoms with van der Waals surface area (Å²) in [7, 11) is 2.00. The van der Waals surface area contributed by atoms with E-state index >= 15 is 0 Å². The molecule has 2 rings (SSSR count). The first-order valence-electron chi connectivity index (χ1n) is 6.98. The molecular formula is C15H23BrN2O2. The summed E-state index contributed by atoms with van der Waals surface area (Å²) in [6.45, 7) is 3.83. The summed E-state index contributed by atoms with van der Waals surface area (Å²) in [5.74, 6) is 0. The number of ether oxygens (including phenoxy) is 1. The third-order valence-corrected chi connectivity index (χ3v) is 4.34. The Morgan fingerprint density at radius 2 is 2.10 bits per heavy atom. The number of nitrogens with zero attached hydrogens (tertiary/aromatic N) is 1. The van der Waals surface area contributed by atoms with Gasteiger partial charge in [-0.15, -0.1) is 0 Å². The van der Waals surface area contributed by atoms with E-state index in [1.165, 1.54) is 0 Å². The molecule has 1 atom stereocenters. The van der Waals surface area contributed by atoms with Gasteiger partial charge in [0.05, 0.1) is 5.60 Å². The highest BCUT2D eigenvalue weighted by molar-refractivity contribution is 9.10. The van der Waals surface area contributed by atoms with Crippen molar-refractivity contribution in [3.8, 4) is 0 Å². The number of rotatable bonds is 4. The summed E-state index contributed by atoms with van der Waals surface area (Å²) in [4.78, 5) is 2.09. The molecule has 0 bridgehead atoms. The first-order valence-corrected chi connectivity index (χ1v) is 7.77. The van der Waals surface area contributed by atoms with E-state index < -0.39 is 5.60 Å². The van der Waals surface area contributed by atoms with E-state index in [1.807, 2.05) is 32.2 Å². The zero-order valence-corrected chi connectivity index (χ0v) is 13.7. The molecule has 1 fully saturated rings. The number of halogens is 1. The zero-order valence-electron chi connectivity index (χ0n) is 12.1. The van der Waals surface area contributed by atoms with Gasteiger partial charge in [0.1, 0.15) is 0 Å². The predicted octanol–water partition coefficient (Wildman–Crippen LogP) is 2.45. The largest absolute Gasteiger partial charge is 0.388 e. The third-order valence-electron chi connectivity index (χ3n) is 3.85. The van der Waals surface area contributed by atoms with Crippen LogP contribution in [0.3, 0.4) is 0 Å². The lowest BCUT2D eigenvalue weighted by Gasteiger charge is -2.37. The summed E-state index contributed by atoms with van der Waals surface area (Å²) in [6, 6.07) is 6.05. The van der Waals surface area contributed by atoms with Crippen molar-refractivity contribution in [2.24, 2.45) is 5.73 Å². The van der Waals surface area contributed by atoms with Gasteiger partial charge >= 0.3 is 0 Å². The van der Waals surface area contributed by atoms with Crippen molar-refractivity contribution < 1.29 is 9.84 Å². The summed E-state index contributed by atoms with van der Waals surface area (Å²) in [5.41, 5.74) is 7.54. The second-order valence-electron chi connectivity index (χ2n) is 5.68. The minimum atomic E-state index is -0.671. The Kier molecular flexibility index (Phi) is 5.07. The van der Waals surface area contributed by atoms with E-state index in [-0.39, 0.29) is 6.04 Å². The maximum Gasteiger partial charge on any atom is 0.0865 e. The van der Waals surface area contributed by atoms with Crippen LogP contribution in [0.1, 0.15) is 31.4 Å². The second-order valence-corrected chi connectivity index (χ2v) is 6.60. The number of nitrogens with two attached hydrogens (primary N) is 1. The van der Waals surface area contributed by atoms with Crippen molar-refractivity contribution in [3.05, 3.63) is 28.2 Å². The monoisotopic (exact) mass is 342 g/mol. The van der Waals surface area contributed by atoms with Crippen LogP contribution in [-0.4, -0.2) is 37.5 Å². The van der Waals surface area contributed by atoms with Gasteiger partial charge in [0.25, 0.3) is 0 Å². The van der Waals surface area contributed by atoms with Gasteiger partial charge in [-0.3, -0.25) is 0 Å². The molecule has 0 aliphatic carbocycles. The summed E-state index contributed by atoms with van der Waals surface area (Å²) in [5, 5.41) is 10.6. The molecule has 112 valence electrons. The Balaban J connectivity index is 2.18. The average Bonchev–Trinajstić information content (AvgIpc) is 2.38. The normalized spacial score (nSPS) is 19.6. The first kappa shape index (κ1) is 15.8. The molecule has 0 radical (unpaired) electrons. The van der Waals surface area contributed by atoms with Crippen molar-refractivity contribution in [1.82, 2.24) is 0 Å². The fraction of sp³-hybridized carbons (Fsp3) is 0.600. The van der Waals surface area contributed by atoms with Crippen molar-refractivity contribution in [2.75, 3.05) is 31.7 Å². The maximum atomic E-state index is 10.6. The van der Waals surface area contributed by atoms with Crippen molar-refractivity contribution in [1.29, 1.82) is 0 Å². The molecular weight excluding hydrogens is 320 g/mol. The van der Waals surface area contributed by atoms with Crippen molar-refractivity contribution in [2.45, 2.75) is 31.4 Å². The smallest absolute Gasteiger partial charge is 0.0865 e. The van der Waals surface area contributed by atoms with Crippen LogP contribution in [0.15, 0.2) is 22.7 Å². The van der Waals surface area contributed by atoms with Crippen LogP contribution < -0.4 is 10.6 Å². The number of benzene rings is 1. The van der Waals surface area contributed by atoms with Crippen LogP contribution in [0, 0.1) is 0 Å². The van der Waals surface area contributed by atoms with Crippen molar-refractivity contribution in [3.63, 3.8) is 0 Å². The maximum absolute atomic E-state index is 10.6. The van der Waals surface area contributed by atoms with Crippen LogP contribution in [0.4, 0.5) is 5.69 Å². The lowest BCUT2D eigenvalue weighted by molar-refractivity contribution is -0.0572. The fourth-order valence-electron chi connectivity index (χ4n) is 2.67. The Bertz CT molecular complexity index is 459. The first-order chi connectivity index (χ1) is 9.41. The van der Waals surface area contributed by atoms with Gasteiger partial charge in [0.15, 0.2) is 0 Å². The molecule has 1 aliphatic heterocycles. The molecule has 1 aromatic rings. The highest BCUT2D eigenvalue weighted by Gasteiger charge is 2.31. The van der Waals surface area contributed by atoms with Crippen LogP contribution in [0.2, 0.25) is 0 Å². The van der Waals surface area contributed by atoms with Gasteiger partial charge in [-0.25, -0.2) is 0 Å². The second kappa shape index (κ2) is 6.43. The van der Waals surface area contributed by atoms with Crippen LogP contribution >= 0.6 is 15.9 Å². The number of likely N-dealkylation sites (N-methyl/N-ethyl adjacent to an activating group) is 1. The van der Waals surface area contributed by atoms with E-state index in [0.717, 1.165) is 15.7 Å². The van der Waals surface area contributed by atoms with Gasteiger partial charge in [-0.1, -0.05) is 15.9 Å². The fourth-order valence-corrected chi connectivity index (χ4v) is 3.05. The Hall–Kier alpha value is -0.620. The van der Waals surface area contributed by atoms with Gasteiger partial charge < -0.3 is 20.5 Å². The highest BCUT2D eigenvalue weighted by Crippen LogP contribution is 2.30. The standard InChI is InChI=1S/C15H23BrN2O2/c1-11(17)13-9-12(16)3-4-14(13)18(2)10-15(19)5-7-20-8-6-15/h3-4,9,11,19H,5-8,10,17H2,1-2H3. The lowest BCUT2D eigenvalue weighted by atomic mass is 9.93. The van der Waals surface area contributed by atoms with E-state index in [1.54, 1.807) is 0 Å². The van der Waals surface area contributed by atoms with Gasteiger partial charge in [-0.2, -0.15) is 0 Å². The molecule has 0 saturated carbocycles. The molecule has 3 N–H and O–H groups in total. The van der Waals surface area contributed by atoms with Gasteiger partial charge in [-0.05, 0) is 30.7 Å². The SMILES string of the molecule is CC(N)c1cc(Br)ccc1N(C)CC1(O)CCOCC1. The van der Waals surface area contributed by atoms with E-state index in [0.29, 0.717) is 32.6 Å². The molecule has 0 amide bonds. The van der Waals surface area contributed by atoms with Gasteiger partial charge in [0.2, 0.25) is 0 Å². The summed E-state index contributed by atoms with van der Waals surface area (Å²) >= 11 is 3.48. The minimum absolute atomic E-state index is 0.0470. The molecule has 0 aromatic heterocycles. The third kappa shape index (κ3) is 3.73. The minimum Gasteiger partial charge on any atom is -0.388 e. The van der Waals surface area contributed by atoms with E-state index in [9.17, 15) is 5.11 Å². The molecule has 1 saturated heterocycles. The zero-order chi connectivity index (χ0) is 14.8. The lowest BCUT2D eigenvalue weighted by Crippen LogP contribution is -2.46. The van der Waals surface area contributed by atoms with Gasteiger partial charge in [0, 0.05) is 55.8 Å². The molecule has 1 aromatic carbocycles. The number of aliphatic hydroxyl groups is 1. The average molecular weight is 343 g/mol. The Morgan fingerprint density at radius 1 is 1.45 bits per heavy atom. The highest BCUT2D eigenvalue weighted by atomic mass is 79.9. The Labute approximate surface area is 129 Å². The van der Waals surface area contributed by atoms with E-state index in [4.69, 9.17) is 10.5 Å². The molecule has 1 unspecified atom stereocenters. The molecule has 5 heteroatoms. The van der Waals surface area contributed by atoms with Crippen LogP contribution in [-0.2, 0) is 4.74 Å². The summed E-state index contributed by atoms with van der Waals surface area (Å²) in [6.07, 6.45) is 1.36. The molecule has 4 nitrogen and oxygen atoms in total. The molecule has 1 heterocycles. The Morgan fingerprint density at radius 3 is 2.70 bits per heavy atom. The molecule has 1 aliphatic rings.